The van der Waals surface area contributed by atoms with Gasteiger partial charge in [0.15, 0.2) is 11.6 Å². The highest BCUT2D eigenvalue weighted by atomic mass is 16.5. The topological polar surface area (TPSA) is 118 Å². The van der Waals surface area contributed by atoms with Gasteiger partial charge in [-0.1, -0.05) is 44.2 Å². The zero-order valence-electron chi connectivity index (χ0n) is 22.0. The average molecular weight is 511 g/mol. The summed E-state index contributed by atoms with van der Waals surface area (Å²) in [5, 5.41) is 10.7. The lowest BCUT2D eigenvalue weighted by atomic mass is 9.98. The smallest absolute Gasteiger partial charge is 0.242 e. The summed E-state index contributed by atoms with van der Waals surface area (Å²) >= 11 is 0. The van der Waals surface area contributed by atoms with Crippen molar-refractivity contribution >= 4 is 17.7 Å². The van der Waals surface area contributed by atoms with Crippen molar-refractivity contribution < 1.29 is 19.1 Å². The van der Waals surface area contributed by atoms with Crippen LogP contribution in [0.1, 0.15) is 58.3 Å². The summed E-state index contributed by atoms with van der Waals surface area (Å²) in [4.78, 5) is 45.7. The van der Waals surface area contributed by atoms with Gasteiger partial charge in [-0.05, 0) is 32.1 Å². The number of ether oxygens (including phenoxy) is 1. The first kappa shape index (κ1) is 26.8. The van der Waals surface area contributed by atoms with Crippen LogP contribution < -0.4 is 10.6 Å². The van der Waals surface area contributed by atoms with Gasteiger partial charge in [-0.2, -0.15) is 5.10 Å². The molecule has 0 unspecified atom stereocenters. The monoisotopic (exact) mass is 510 g/mol. The van der Waals surface area contributed by atoms with Gasteiger partial charge in [0.05, 0.1) is 12.6 Å². The standard InChI is InChI=1S/C27H38N6O4/c1-18(2)23-25-30-24(20-8-5-4-6-9-20)31-33(25)15-14-32(27(36)21-11-16-37-17-12-21)13-7-10-22(34)28-19(3)26(35)29-23/h4-6,8-9,18-19,21,23H,7,10-17H2,1-3H3,(H,28,34)(H,29,35)/t19-,23+/m1/s1. The summed E-state index contributed by atoms with van der Waals surface area (Å²) < 4.78 is 7.28. The fourth-order valence-electron chi connectivity index (χ4n) is 4.83. The van der Waals surface area contributed by atoms with Crippen molar-refractivity contribution in [1.29, 1.82) is 0 Å². The fraction of sp³-hybridized carbons (Fsp3) is 0.593. The Morgan fingerprint density at radius 1 is 1.05 bits per heavy atom. The molecule has 200 valence electrons. The summed E-state index contributed by atoms with van der Waals surface area (Å²) in [6, 6.07) is 8.61. The minimum atomic E-state index is -0.693. The summed E-state index contributed by atoms with van der Waals surface area (Å²) in [6.07, 6.45) is 2.18. The molecule has 37 heavy (non-hydrogen) atoms. The van der Waals surface area contributed by atoms with Gasteiger partial charge in [0.2, 0.25) is 17.7 Å². The van der Waals surface area contributed by atoms with Crippen molar-refractivity contribution in [3.8, 4) is 11.4 Å². The normalized spacial score (nSPS) is 22.6. The molecule has 2 aromatic rings. The maximum absolute atomic E-state index is 13.4. The largest absolute Gasteiger partial charge is 0.381 e. The van der Waals surface area contributed by atoms with Crippen LogP contribution in [0.25, 0.3) is 11.4 Å². The van der Waals surface area contributed by atoms with E-state index < -0.39 is 12.1 Å². The molecule has 0 bridgehead atoms. The summed E-state index contributed by atoms with van der Waals surface area (Å²) in [6.45, 7) is 8.23. The zero-order chi connectivity index (χ0) is 26.4. The van der Waals surface area contributed by atoms with Gasteiger partial charge in [0, 0.05) is 44.2 Å². The lowest BCUT2D eigenvalue weighted by molar-refractivity contribution is -0.139. The molecule has 2 aliphatic heterocycles. The molecule has 3 amide bonds. The molecular formula is C27H38N6O4. The van der Waals surface area contributed by atoms with E-state index in [4.69, 9.17) is 14.8 Å². The van der Waals surface area contributed by atoms with E-state index >= 15 is 0 Å². The number of fused-ring (bicyclic) bond motifs is 1. The van der Waals surface area contributed by atoms with E-state index in [2.05, 4.69) is 10.6 Å². The molecule has 0 radical (unpaired) electrons. The molecule has 0 saturated carbocycles. The Labute approximate surface area is 218 Å². The lowest BCUT2D eigenvalue weighted by Crippen LogP contribution is -2.48. The number of aromatic nitrogens is 3. The Morgan fingerprint density at radius 3 is 2.49 bits per heavy atom. The van der Waals surface area contributed by atoms with E-state index in [9.17, 15) is 14.4 Å². The van der Waals surface area contributed by atoms with Gasteiger partial charge in [0.25, 0.3) is 0 Å². The molecule has 10 nitrogen and oxygen atoms in total. The number of rotatable bonds is 3. The van der Waals surface area contributed by atoms with Crippen molar-refractivity contribution in [3.05, 3.63) is 36.2 Å². The predicted octanol–water partition coefficient (Wildman–Crippen LogP) is 2.31. The van der Waals surface area contributed by atoms with Crippen molar-refractivity contribution in [1.82, 2.24) is 30.3 Å². The average Bonchev–Trinajstić information content (AvgIpc) is 3.32. The van der Waals surface area contributed by atoms with Crippen molar-refractivity contribution in [2.24, 2.45) is 11.8 Å². The molecule has 10 heteroatoms. The Hall–Kier alpha value is -3.27. The van der Waals surface area contributed by atoms with Crippen molar-refractivity contribution in [3.63, 3.8) is 0 Å². The molecule has 3 heterocycles. The molecule has 2 aliphatic rings. The first-order valence-corrected chi connectivity index (χ1v) is 13.3. The minimum Gasteiger partial charge on any atom is -0.381 e. The minimum absolute atomic E-state index is 0.0197. The number of amides is 3. The molecular weight excluding hydrogens is 472 g/mol. The Kier molecular flexibility index (Phi) is 8.91. The van der Waals surface area contributed by atoms with Crippen LogP contribution >= 0.6 is 0 Å². The zero-order valence-corrected chi connectivity index (χ0v) is 22.0. The van der Waals surface area contributed by atoms with Crippen molar-refractivity contribution in [2.45, 2.75) is 65.1 Å². The number of hydrogen-bond acceptors (Lipinski definition) is 6. The third-order valence-electron chi connectivity index (χ3n) is 7.04. The van der Waals surface area contributed by atoms with Gasteiger partial charge >= 0.3 is 0 Å². The number of nitrogens with zero attached hydrogens (tertiary/aromatic N) is 4. The molecule has 0 spiro atoms. The van der Waals surface area contributed by atoms with E-state index in [1.54, 1.807) is 6.92 Å². The van der Waals surface area contributed by atoms with E-state index in [0.717, 1.165) is 5.56 Å². The number of carbonyl (C=O) groups is 3. The molecule has 1 fully saturated rings. The summed E-state index contributed by atoms with van der Waals surface area (Å²) in [5.74, 6) is 0.790. The third-order valence-corrected chi connectivity index (χ3v) is 7.04. The number of carbonyl (C=O) groups excluding carboxylic acids is 3. The second kappa shape index (κ2) is 12.3. The summed E-state index contributed by atoms with van der Waals surface area (Å²) in [7, 11) is 0. The maximum atomic E-state index is 13.4. The van der Waals surface area contributed by atoms with E-state index in [1.807, 2.05) is 53.8 Å². The van der Waals surface area contributed by atoms with Crippen LogP contribution in [0.4, 0.5) is 0 Å². The molecule has 0 aliphatic carbocycles. The molecule has 2 atom stereocenters. The Bertz CT molecular complexity index is 1080. The van der Waals surface area contributed by atoms with Crippen molar-refractivity contribution in [2.75, 3.05) is 26.3 Å². The van der Waals surface area contributed by atoms with E-state index in [1.165, 1.54) is 0 Å². The summed E-state index contributed by atoms with van der Waals surface area (Å²) in [5.41, 5.74) is 0.880. The van der Waals surface area contributed by atoms with Crippen LogP contribution in [0, 0.1) is 11.8 Å². The SMILES string of the molecule is CC(C)[C@@H]1NC(=O)[C@@H](C)NC(=O)CCCN(C(=O)C2CCOCC2)CCn2nc(-c3ccccc3)nc21. The maximum Gasteiger partial charge on any atom is 0.242 e. The quantitative estimate of drug-likeness (QED) is 0.654. The molecule has 1 saturated heterocycles. The molecule has 4 rings (SSSR count). The molecule has 1 aromatic heterocycles. The number of benzene rings is 1. The number of hydrogen-bond donors (Lipinski definition) is 2. The Balaban J connectivity index is 1.68. The predicted molar refractivity (Wildman–Crippen MR) is 138 cm³/mol. The third kappa shape index (κ3) is 6.74. The second-order valence-electron chi connectivity index (χ2n) is 10.2. The van der Waals surface area contributed by atoms with Gasteiger partial charge in [-0.25, -0.2) is 9.67 Å². The number of nitrogens with one attached hydrogen (secondary N) is 2. The van der Waals surface area contributed by atoms with Gasteiger partial charge in [0.1, 0.15) is 6.04 Å². The van der Waals surface area contributed by atoms with Gasteiger partial charge in [-0.15, -0.1) is 0 Å². The fourth-order valence-corrected chi connectivity index (χ4v) is 4.83. The van der Waals surface area contributed by atoms with Crippen LogP contribution in [0.5, 0.6) is 0 Å². The second-order valence-corrected chi connectivity index (χ2v) is 10.2. The van der Waals surface area contributed by atoms with Crippen LogP contribution in [0.2, 0.25) is 0 Å². The Morgan fingerprint density at radius 2 is 1.78 bits per heavy atom. The first-order valence-electron chi connectivity index (χ1n) is 13.3. The van der Waals surface area contributed by atoms with E-state index in [-0.39, 0.29) is 36.0 Å². The van der Waals surface area contributed by atoms with Crippen LogP contribution in [-0.4, -0.2) is 69.7 Å². The lowest BCUT2D eigenvalue weighted by Gasteiger charge is -2.30. The highest BCUT2D eigenvalue weighted by Gasteiger charge is 2.30. The van der Waals surface area contributed by atoms with Crippen LogP contribution in [0.3, 0.4) is 0 Å². The highest BCUT2D eigenvalue weighted by Crippen LogP contribution is 2.25. The van der Waals surface area contributed by atoms with E-state index in [0.29, 0.717) is 63.8 Å². The van der Waals surface area contributed by atoms with Gasteiger partial charge in [-0.3, -0.25) is 14.4 Å². The van der Waals surface area contributed by atoms with Crippen LogP contribution in [-0.2, 0) is 25.7 Å². The van der Waals surface area contributed by atoms with Gasteiger partial charge < -0.3 is 20.3 Å². The molecule has 2 N–H and O–H groups in total. The van der Waals surface area contributed by atoms with Crippen LogP contribution in [0.15, 0.2) is 30.3 Å². The molecule has 1 aromatic carbocycles. The first-order chi connectivity index (χ1) is 17.8. The highest BCUT2D eigenvalue weighted by molar-refractivity contribution is 5.87.